The number of carbonyl (C=O) groups excluding carboxylic acids is 1. The minimum atomic E-state index is -0.301. The highest BCUT2D eigenvalue weighted by atomic mass is 16.2. The van der Waals surface area contributed by atoms with E-state index in [1.54, 1.807) is 24.9 Å². The predicted octanol–water partition coefficient (Wildman–Crippen LogP) is 0.689. The van der Waals surface area contributed by atoms with E-state index in [9.17, 15) is 9.59 Å². The molecule has 0 aliphatic carbocycles. The van der Waals surface area contributed by atoms with Crippen molar-refractivity contribution in [3.8, 4) is 0 Å². The smallest absolute Gasteiger partial charge is 0.259 e. The molecule has 0 bridgehead atoms. The molecule has 0 saturated heterocycles. The van der Waals surface area contributed by atoms with Gasteiger partial charge in [-0.1, -0.05) is 0 Å². The van der Waals surface area contributed by atoms with Crippen molar-refractivity contribution >= 4 is 5.91 Å². The summed E-state index contributed by atoms with van der Waals surface area (Å²) in [6.07, 6.45) is 4.99. The van der Waals surface area contributed by atoms with E-state index in [0.29, 0.717) is 6.54 Å². The van der Waals surface area contributed by atoms with Crippen molar-refractivity contribution in [3.63, 3.8) is 0 Å². The summed E-state index contributed by atoms with van der Waals surface area (Å²) in [6.45, 7) is 2.19. The molecule has 0 aromatic carbocycles. The number of aromatic amines is 1. The maximum atomic E-state index is 12.2. The molecule has 6 heteroatoms. The molecule has 0 saturated carbocycles. The first kappa shape index (κ1) is 13.1. The lowest BCUT2D eigenvalue weighted by molar-refractivity contribution is 0.0783. The summed E-state index contributed by atoms with van der Waals surface area (Å²) in [4.78, 5) is 28.3. The third-order valence-electron chi connectivity index (χ3n) is 2.81. The second-order valence-corrected chi connectivity index (χ2v) is 4.58. The van der Waals surface area contributed by atoms with Crippen molar-refractivity contribution in [2.45, 2.75) is 13.5 Å². The molecule has 0 aliphatic heterocycles. The van der Waals surface area contributed by atoms with Crippen LogP contribution in [0.5, 0.6) is 0 Å². The maximum Gasteiger partial charge on any atom is 0.259 e. The first-order valence-corrected chi connectivity index (χ1v) is 5.89. The first-order chi connectivity index (χ1) is 8.97. The SMILES string of the molecule is Cc1cc(=O)c(C(=O)N(C)Cc2cnn(C)c2)c[nH]1. The molecule has 2 aromatic rings. The summed E-state index contributed by atoms with van der Waals surface area (Å²) in [5.41, 5.74) is 1.54. The van der Waals surface area contributed by atoms with Crippen LogP contribution < -0.4 is 5.43 Å². The van der Waals surface area contributed by atoms with Gasteiger partial charge in [0.15, 0.2) is 5.43 Å². The monoisotopic (exact) mass is 260 g/mol. The van der Waals surface area contributed by atoms with Crippen molar-refractivity contribution in [3.05, 3.63) is 51.7 Å². The van der Waals surface area contributed by atoms with Crippen LogP contribution in [0.2, 0.25) is 0 Å². The lowest BCUT2D eigenvalue weighted by Gasteiger charge is -2.15. The molecular weight excluding hydrogens is 244 g/mol. The van der Waals surface area contributed by atoms with Gasteiger partial charge in [-0.2, -0.15) is 5.10 Å². The Balaban J connectivity index is 2.17. The summed E-state index contributed by atoms with van der Waals surface area (Å²) in [6, 6.07) is 1.42. The number of nitrogens with one attached hydrogen (secondary N) is 1. The van der Waals surface area contributed by atoms with Gasteiger partial charge in [-0.3, -0.25) is 14.3 Å². The predicted molar refractivity (Wildman–Crippen MR) is 70.8 cm³/mol. The molecule has 0 atom stereocenters. The Morgan fingerprint density at radius 3 is 2.84 bits per heavy atom. The van der Waals surface area contributed by atoms with Crippen LogP contribution in [0.4, 0.5) is 0 Å². The average Bonchev–Trinajstić information content (AvgIpc) is 2.74. The summed E-state index contributed by atoms with van der Waals surface area (Å²) in [5.74, 6) is -0.301. The molecular formula is C13H16N4O2. The fourth-order valence-corrected chi connectivity index (χ4v) is 1.85. The number of H-pyrrole nitrogens is 1. The van der Waals surface area contributed by atoms with Gasteiger partial charge in [-0.05, 0) is 6.92 Å². The van der Waals surface area contributed by atoms with E-state index in [0.717, 1.165) is 11.3 Å². The number of rotatable bonds is 3. The van der Waals surface area contributed by atoms with E-state index < -0.39 is 0 Å². The highest BCUT2D eigenvalue weighted by Gasteiger charge is 2.15. The number of aromatic nitrogens is 3. The molecule has 1 N–H and O–H groups in total. The van der Waals surface area contributed by atoms with Gasteiger partial charge in [0.05, 0.1) is 6.20 Å². The van der Waals surface area contributed by atoms with Crippen molar-refractivity contribution in [2.75, 3.05) is 7.05 Å². The molecule has 0 spiro atoms. The molecule has 2 heterocycles. The zero-order chi connectivity index (χ0) is 14.0. The van der Waals surface area contributed by atoms with Crippen LogP contribution in [0.25, 0.3) is 0 Å². The van der Waals surface area contributed by atoms with Gasteiger partial charge in [-0.25, -0.2) is 0 Å². The minimum Gasteiger partial charge on any atom is -0.364 e. The number of hydrogen-bond acceptors (Lipinski definition) is 3. The Labute approximate surface area is 110 Å². The van der Waals surface area contributed by atoms with Crippen molar-refractivity contribution in [1.29, 1.82) is 0 Å². The van der Waals surface area contributed by atoms with Crippen LogP contribution in [-0.2, 0) is 13.6 Å². The fourth-order valence-electron chi connectivity index (χ4n) is 1.85. The molecule has 2 rings (SSSR count). The van der Waals surface area contributed by atoms with E-state index in [1.807, 2.05) is 13.2 Å². The minimum absolute atomic E-state index is 0.150. The zero-order valence-electron chi connectivity index (χ0n) is 11.2. The second-order valence-electron chi connectivity index (χ2n) is 4.58. The number of carbonyl (C=O) groups is 1. The highest BCUT2D eigenvalue weighted by Crippen LogP contribution is 2.05. The number of amides is 1. The van der Waals surface area contributed by atoms with Gasteiger partial charge >= 0.3 is 0 Å². The molecule has 100 valence electrons. The number of nitrogens with zero attached hydrogens (tertiary/aromatic N) is 3. The van der Waals surface area contributed by atoms with Gasteiger partial charge in [0.25, 0.3) is 5.91 Å². The molecule has 1 amide bonds. The summed E-state index contributed by atoms with van der Waals surface area (Å²) in [5, 5.41) is 4.04. The van der Waals surface area contributed by atoms with E-state index in [1.165, 1.54) is 17.2 Å². The second kappa shape index (κ2) is 5.09. The van der Waals surface area contributed by atoms with E-state index in [-0.39, 0.29) is 16.9 Å². The lowest BCUT2D eigenvalue weighted by atomic mass is 10.2. The molecule has 0 radical (unpaired) electrons. The van der Waals surface area contributed by atoms with Gasteiger partial charge in [0.1, 0.15) is 5.56 Å². The normalized spacial score (nSPS) is 10.5. The largest absolute Gasteiger partial charge is 0.364 e. The first-order valence-electron chi connectivity index (χ1n) is 5.89. The van der Waals surface area contributed by atoms with Crippen LogP contribution in [0, 0.1) is 6.92 Å². The van der Waals surface area contributed by atoms with Crippen LogP contribution in [0.1, 0.15) is 21.6 Å². The molecule has 0 fully saturated rings. The van der Waals surface area contributed by atoms with Gasteiger partial charge in [0.2, 0.25) is 0 Å². The van der Waals surface area contributed by atoms with E-state index in [2.05, 4.69) is 10.1 Å². The summed E-state index contributed by atoms with van der Waals surface area (Å²) >= 11 is 0. The summed E-state index contributed by atoms with van der Waals surface area (Å²) < 4.78 is 1.67. The molecule has 0 unspecified atom stereocenters. The lowest BCUT2D eigenvalue weighted by Crippen LogP contribution is -2.30. The van der Waals surface area contributed by atoms with Gasteiger partial charge < -0.3 is 9.88 Å². The van der Waals surface area contributed by atoms with Gasteiger partial charge in [0, 0.05) is 50.4 Å². The highest BCUT2D eigenvalue weighted by molar-refractivity contribution is 5.93. The van der Waals surface area contributed by atoms with Crippen LogP contribution in [0.3, 0.4) is 0 Å². The van der Waals surface area contributed by atoms with E-state index >= 15 is 0 Å². The molecule has 0 aliphatic rings. The number of aryl methyl sites for hydroxylation is 2. The Hall–Kier alpha value is -2.37. The van der Waals surface area contributed by atoms with Crippen molar-refractivity contribution < 1.29 is 4.79 Å². The Bertz CT molecular complexity index is 657. The van der Waals surface area contributed by atoms with Crippen LogP contribution in [-0.4, -0.2) is 32.6 Å². The van der Waals surface area contributed by atoms with E-state index in [4.69, 9.17) is 0 Å². The summed E-state index contributed by atoms with van der Waals surface area (Å²) in [7, 11) is 3.48. The zero-order valence-corrected chi connectivity index (χ0v) is 11.2. The van der Waals surface area contributed by atoms with Gasteiger partial charge in [-0.15, -0.1) is 0 Å². The molecule has 19 heavy (non-hydrogen) atoms. The average molecular weight is 260 g/mol. The topological polar surface area (TPSA) is 71.0 Å². The molecule has 6 nitrogen and oxygen atoms in total. The fraction of sp³-hybridized carbons (Fsp3) is 0.308. The Kier molecular flexibility index (Phi) is 3.50. The number of pyridine rings is 1. The molecule has 2 aromatic heterocycles. The third kappa shape index (κ3) is 2.90. The third-order valence-corrected chi connectivity index (χ3v) is 2.81. The Morgan fingerprint density at radius 2 is 2.26 bits per heavy atom. The van der Waals surface area contributed by atoms with Crippen molar-refractivity contribution in [2.24, 2.45) is 7.05 Å². The number of hydrogen-bond donors (Lipinski definition) is 1. The van der Waals surface area contributed by atoms with Crippen LogP contribution >= 0.6 is 0 Å². The Morgan fingerprint density at radius 1 is 1.53 bits per heavy atom. The quantitative estimate of drug-likeness (QED) is 0.882. The van der Waals surface area contributed by atoms with Crippen LogP contribution in [0.15, 0.2) is 29.5 Å². The standard InChI is InChI=1S/C13H16N4O2/c1-9-4-12(18)11(6-14-9)13(19)16(2)7-10-5-15-17(3)8-10/h4-6,8H,7H2,1-3H3,(H,14,18). The van der Waals surface area contributed by atoms with Crippen molar-refractivity contribution in [1.82, 2.24) is 19.7 Å². The maximum absolute atomic E-state index is 12.2.